The van der Waals surface area contributed by atoms with Crippen LogP contribution >= 0.6 is 0 Å². The van der Waals surface area contributed by atoms with Crippen LogP contribution in [0.15, 0.2) is 60.7 Å². The van der Waals surface area contributed by atoms with E-state index < -0.39 is 29.9 Å². The summed E-state index contributed by atoms with van der Waals surface area (Å²) in [6.45, 7) is 2.50. The summed E-state index contributed by atoms with van der Waals surface area (Å²) in [5, 5.41) is 21.4. The Hall–Kier alpha value is -3.23. The van der Waals surface area contributed by atoms with Crippen molar-refractivity contribution >= 4 is 5.97 Å². The van der Waals surface area contributed by atoms with Crippen molar-refractivity contribution in [3.8, 4) is 11.1 Å². The number of hydrogen-bond acceptors (Lipinski definition) is 3. The average molecular weight is 490 g/mol. The summed E-state index contributed by atoms with van der Waals surface area (Å²) < 4.78 is 54.3. The lowest BCUT2D eigenvalue weighted by Gasteiger charge is -2.24. The number of aryl methyl sites for hydroxylation is 2. The molecule has 0 aliphatic rings. The molecular weight excluding hydrogens is 462 g/mol. The molecule has 4 nitrogen and oxygen atoms in total. The number of carboxylic acids is 1. The first-order chi connectivity index (χ1) is 16.4. The highest BCUT2D eigenvalue weighted by Gasteiger charge is 2.34. The third-order valence-electron chi connectivity index (χ3n) is 6.21. The molecule has 0 spiro atoms. The Balaban J connectivity index is 1.86. The molecule has 0 aromatic heterocycles. The largest absolute Gasteiger partial charge is 0.480 e. The van der Waals surface area contributed by atoms with Gasteiger partial charge in [-0.05, 0) is 78.3 Å². The fourth-order valence-electron chi connectivity index (χ4n) is 3.90. The predicted octanol–water partition coefficient (Wildman–Crippen LogP) is 5.53. The van der Waals surface area contributed by atoms with Gasteiger partial charge in [0.25, 0.3) is 0 Å². The van der Waals surface area contributed by atoms with E-state index in [0.717, 1.165) is 28.3 Å². The van der Waals surface area contributed by atoms with E-state index in [1.807, 2.05) is 25.1 Å². The standard InChI is InChI=1S/C27H27F4NO3/c1-17-19(4-3-5-23(17)20-9-11-22(28)12-10-20)7-8-21-14-18(6-13-24(21)27(29,30)31)15-32-26(2,16-33)25(34)35/h3-6,9-14,32-33H,7-8,15-16H2,1-2H3,(H,34,35). The highest BCUT2D eigenvalue weighted by atomic mass is 19.4. The van der Waals surface area contributed by atoms with Crippen LogP contribution in [0.25, 0.3) is 11.1 Å². The molecule has 0 saturated carbocycles. The van der Waals surface area contributed by atoms with E-state index >= 15 is 0 Å². The predicted molar refractivity (Wildman–Crippen MR) is 125 cm³/mol. The van der Waals surface area contributed by atoms with E-state index in [0.29, 0.717) is 12.0 Å². The Bertz CT molecular complexity index is 1190. The van der Waals surface area contributed by atoms with Gasteiger partial charge in [0, 0.05) is 6.54 Å². The van der Waals surface area contributed by atoms with E-state index in [-0.39, 0.29) is 24.3 Å². The summed E-state index contributed by atoms with van der Waals surface area (Å²) in [4.78, 5) is 11.4. The quantitative estimate of drug-likeness (QED) is 0.346. The average Bonchev–Trinajstić information content (AvgIpc) is 2.81. The molecule has 0 fully saturated rings. The summed E-state index contributed by atoms with van der Waals surface area (Å²) in [5.41, 5.74) is 1.72. The van der Waals surface area contributed by atoms with Gasteiger partial charge in [0.1, 0.15) is 11.4 Å². The van der Waals surface area contributed by atoms with Gasteiger partial charge in [-0.1, -0.05) is 42.5 Å². The van der Waals surface area contributed by atoms with Gasteiger partial charge in [-0.2, -0.15) is 13.2 Å². The SMILES string of the molecule is Cc1c(CCc2cc(CNC(C)(CO)C(=O)O)ccc2C(F)(F)F)cccc1-c1ccc(F)cc1. The van der Waals surface area contributed by atoms with Gasteiger partial charge in [0.05, 0.1) is 12.2 Å². The topological polar surface area (TPSA) is 69.6 Å². The van der Waals surface area contributed by atoms with Gasteiger partial charge < -0.3 is 10.2 Å². The molecule has 0 radical (unpaired) electrons. The van der Waals surface area contributed by atoms with Crippen molar-refractivity contribution in [3.05, 3.63) is 94.3 Å². The normalized spacial score (nSPS) is 13.5. The number of halogens is 4. The van der Waals surface area contributed by atoms with Gasteiger partial charge in [-0.25, -0.2) is 4.39 Å². The number of aliphatic hydroxyl groups is 1. The lowest BCUT2D eigenvalue weighted by Crippen LogP contribution is -2.52. The molecule has 0 heterocycles. The zero-order chi connectivity index (χ0) is 25.8. The molecule has 35 heavy (non-hydrogen) atoms. The van der Waals surface area contributed by atoms with E-state index in [4.69, 9.17) is 0 Å². The number of aliphatic hydroxyl groups excluding tert-OH is 1. The van der Waals surface area contributed by atoms with Crippen molar-refractivity contribution in [2.75, 3.05) is 6.61 Å². The Labute approximate surface area is 201 Å². The van der Waals surface area contributed by atoms with Crippen LogP contribution in [0.4, 0.5) is 17.6 Å². The van der Waals surface area contributed by atoms with Crippen LogP contribution in [0.1, 0.15) is 34.7 Å². The number of carboxylic acid groups (broad SMARTS) is 1. The molecule has 3 aromatic carbocycles. The second-order valence-electron chi connectivity index (χ2n) is 8.73. The van der Waals surface area contributed by atoms with E-state index in [2.05, 4.69) is 5.32 Å². The van der Waals surface area contributed by atoms with Crippen LogP contribution < -0.4 is 5.32 Å². The molecule has 1 atom stereocenters. The van der Waals surface area contributed by atoms with Crippen LogP contribution in [0, 0.1) is 12.7 Å². The van der Waals surface area contributed by atoms with Crippen molar-refractivity contribution in [2.24, 2.45) is 0 Å². The number of aliphatic carboxylic acids is 1. The monoisotopic (exact) mass is 489 g/mol. The van der Waals surface area contributed by atoms with Crippen molar-refractivity contribution in [1.82, 2.24) is 5.32 Å². The first kappa shape index (κ1) is 26.4. The Morgan fingerprint density at radius 3 is 2.23 bits per heavy atom. The maximum Gasteiger partial charge on any atom is 0.416 e. The molecule has 0 saturated heterocycles. The molecule has 186 valence electrons. The number of benzene rings is 3. The first-order valence-corrected chi connectivity index (χ1v) is 11.1. The third-order valence-corrected chi connectivity index (χ3v) is 6.21. The lowest BCUT2D eigenvalue weighted by molar-refractivity contribution is -0.146. The molecule has 3 aromatic rings. The number of nitrogens with one attached hydrogen (secondary N) is 1. The van der Waals surface area contributed by atoms with Crippen molar-refractivity contribution < 1.29 is 32.6 Å². The number of carbonyl (C=O) groups is 1. The van der Waals surface area contributed by atoms with Gasteiger partial charge >= 0.3 is 12.1 Å². The highest BCUT2D eigenvalue weighted by Crippen LogP contribution is 2.34. The Morgan fingerprint density at radius 1 is 0.971 bits per heavy atom. The summed E-state index contributed by atoms with van der Waals surface area (Å²) in [7, 11) is 0. The number of alkyl halides is 3. The molecule has 0 amide bonds. The Morgan fingerprint density at radius 2 is 1.63 bits per heavy atom. The zero-order valence-corrected chi connectivity index (χ0v) is 19.4. The van der Waals surface area contributed by atoms with Crippen LogP contribution in [0.3, 0.4) is 0 Å². The molecule has 8 heteroatoms. The van der Waals surface area contributed by atoms with Crippen molar-refractivity contribution in [3.63, 3.8) is 0 Å². The van der Waals surface area contributed by atoms with Crippen molar-refractivity contribution in [2.45, 2.75) is 44.9 Å². The van der Waals surface area contributed by atoms with E-state index in [9.17, 15) is 32.6 Å². The smallest absolute Gasteiger partial charge is 0.416 e. The molecular formula is C27H27F4NO3. The zero-order valence-electron chi connectivity index (χ0n) is 19.4. The fourth-order valence-corrected chi connectivity index (χ4v) is 3.90. The third kappa shape index (κ3) is 6.26. The molecule has 0 bridgehead atoms. The van der Waals surface area contributed by atoms with Gasteiger partial charge in [-0.3, -0.25) is 10.1 Å². The highest BCUT2D eigenvalue weighted by molar-refractivity contribution is 5.78. The van der Waals surface area contributed by atoms with Crippen molar-refractivity contribution in [1.29, 1.82) is 0 Å². The summed E-state index contributed by atoms with van der Waals surface area (Å²) >= 11 is 0. The second-order valence-corrected chi connectivity index (χ2v) is 8.73. The fraction of sp³-hybridized carbons (Fsp3) is 0.296. The maximum atomic E-state index is 13.7. The van der Waals surface area contributed by atoms with Gasteiger partial charge in [-0.15, -0.1) is 0 Å². The van der Waals surface area contributed by atoms with Gasteiger partial charge in [0.15, 0.2) is 0 Å². The van der Waals surface area contributed by atoms with E-state index in [1.165, 1.54) is 31.2 Å². The molecule has 3 N–H and O–H groups in total. The minimum Gasteiger partial charge on any atom is -0.480 e. The van der Waals surface area contributed by atoms with Crippen LogP contribution in [0.2, 0.25) is 0 Å². The van der Waals surface area contributed by atoms with Crippen LogP contribution in [0.5, 0.6) is 0 Å². The molecule has 1 unspecified atom stereocenters. The lowest BCUT2D eigenvalue weighted by atomic mass is 9.91. The number of rotatable bonds is 9. The van der Waals surface area contributed by atoms with Crippen LogP contribution in [-0.2, 0) is 30.4 Å². The molecule has 3 rings (SSSR count). The summed E-state index contributed by atoms with van der Waals surface area (Å²) in [6, 6.07) is 15.4. The summed E-state index contributed by atoms with van der Waals surface area (Å²) in [6.07, 6.45) is -4.07. The number of hydrogen-bond donors (Lipinski definition) is 3. The first-order valence-electron chi connectivity index (χ1n) is 11.1. The maximum absolute atomic E-state index is 13.7. The second kappa shape index (κ2) is 10.6. The molecule has 0 aliphatic carbocycles. The molecule has 0 aliphatic heterocycles. The minimum absolute atomic E-state index is 0.0203. The summed E-state index contributed by atoms with van der Waals surface area (Å²) in [5.74, 6) is -1.61. The van der Waals surface area contributed by atoms with E-state index in [1.54, 1.807) is 12.1 Å². The minimum atomic E-state index is -4.53. The van der Waals surface area contributed by atoms with Gasteiger partial charge in [0.2, 0.25) is 0 Å². The van der Waals surface area contributed by atoms with Crippen LogP contribution in [-0.4, -0.2) is 28.3 Å². The Kier molecular flexibility index (Phi) is 7.97.